The molecule has 0 unspecified atom stereocenters. The molecule has 0 saturated heterocycles. The molecule has 0 aromatic heterocycles. The zero-order chi connectivity index (χ0) is 13.4. The number of amides is 1. The number of carbonyl (C=O) groups excluding carboxylic acids is 1. The summed E-state index contributed by atoms with van der Waals surface area (Å²) in [6.45, 7) is 3.35. The van der Waals surface area contributed by atoms with Gasteiger partial charge < -0.3 is 15.3 Å². The summed E-state index contributed by atoms with van der Waals surface area (Å²) < 4.78 is 0. The molecule has 0 spiro atoms. The fraction of sp³-hybridized carbons (Fsp3) is 0.846. The Hall–Kier alpha value is -1.12. The van der Waals surface area contributed by atoms with Gasteiger partial charge in [0.2, 0.25) is 5.91 Å². The zero-order valence-corrected chi connectivity index (χ0v) is 11.1. The van der Waals surface area contributed by atoms with Gasteiger partial charge >= 0.3 is 0 Å². The molecule has 1 fully saturated rings. The minimum absolute atomic E-state index is 0.00692. The van der Waals surface area contributed by atoms with Crippen molar-refractivity contribution in [1.82, 2.24) is 10.2 Å². The predicted molar refractivity (Wildman–Crippen MR) is 68.8 cm³/mol. The van der Waals surface area contributed by atoms with E-state index in [4.69, 9.17) is 5.26 Å². The normalized spacial score (nSPS) is 17.4. The molecule has 1 rings (SSSR count). The van der Waals surface area contributed by atoms with E-state index in [1.807, 2.05) is 13.0 Å². The van der Waals surface area contributed by atoms with E-state index < -0.39 is 0 Å². The van der Waals surface area contributed by atoms with Gasteiger partial charge in [-0.05, 0) is 19.8 Å². The second-order valence-corrected chi connectivity index (χ2v) is 4.88. The first-order valence-corrected chi connectivity index (χ1v) is 6.68. The number of rotatable bonds is 7. The lowest BCUT2D eigenvalue weighted by molar-refractivity contribution is -0.130. The van der Waals surface area contributed by atoms with Crippen LogP contribution in [0.15, 0.2) is 0 Å². The van der Waals surface area contributed by atoms with Crippen LogP contribution in [0.5, 0.6) is 0 Å². The number of hydrogen-bond donors (Lipinski definition) is 2. The number of nitriles is 1. The maximum Gasteiger partial charge on any atom is 0.236 e. The lowest BCUT2D eigenvalue weighted by Gasteiger charge is -2.29. The summed E-state index contributed by atoms with van der Waals surface area (Å²) in [5, 5.41) is 21.2. The van der Waals surface area contributed by atoms with Crippen molar-refractivity contribution in [2.45, 2.75) is 44.6 Å². The number of carbonyl (C=O) groups is 1. The standard InChI is InChI=1S/C13H23N3O2/c1-2-16(9-5-8-14)12(18)10-15-13(11-17)6-3-4-7-13/h15,17H,2-7,9-11H2,1H3. The Balaban J connectivity index is 2.41. The highest BCUT2D eigenvalue weighted by molar-refractivity contribution is 5.78. The topological polar surface area (TPSA) is 76.4 Å². The molecule has 5 heteroatoms. The average molecular weight is 253 g/mol. The van der Waals surface area contributed by atoms with Gasteiger partial charge in [-0.15, -0.1) is 0 Å². The fourth-order valence-corrected chi connectivity index (χ4v) is 2.46. The molecule has 0 heterocycles. The molecule has 102 valence electrons. The largest absolute Gasteiger partial charge is 0.394 e. The molecule has 1 aliphatic carbocycles. The van der Waals surface area contributed by atoms with E-state index in [-0.39, 0.29) is 24.6 Å². The molecule has 0 aromatic rings. The van der Waals surface area contributed by atoms with E-state index in [0.29, 0.717) is 19.5 Å². The Morgan fingerprint density at radius 3 is 2.67 bits per heavy atom. The quantitative estimate of drug-likeness (QED) is 0.698. The van der Waals surface area contributed by atoms with Crippen LogP contribution in [0.2, 0.25) is 0 Å². The smallest absolute Gasteiger partial charge is 0.236 e. The summed E-state index contributed by atoms with van der Waals surface area (Å²) in [4.78, 5) is 13.6. The van der Waals surface area contributed by atoms with Crippen molar-refractivity contribution in [3.8, 4) is 6.07 Å². The van der Waals surface area contributed by atoms with Gasteiger partial charge in [0.1, 0.15) is 0 Å². The van der Waals surface area contributed by atoms with Crippen LogP contribution in [-0.2, 0) is 4.79 Å². The van der Waals surface area contributed by atoms with Crippen LogP contribution in [0.4, 0.5) is 0 Å². The van der Waals surface area contributed by atoms with Crippen LogP contribution in [-0.4, -0.2) is 47.7 Å². The van der Waals surface area contributed by atoms with Crippen LogP contribution >= 0.6 is 0 Å². The van der Waals surface area contributed by atoms with Gasteiger partial charge in [0.25, 0.3) is 0 Å². The summed E-state index contributed by atoms with van der Waals surface area (Å²) in [6, 6.07) is 2.05. The van der Waals surface area contributed by atoms with E-state index >= 15 is 0 Å². The first-order valence-electron chi connectivity index (χ1n) is 6.68. The van der Waals surface area contributed by atoms with E-state index in [0.717, 1.165) is 25.7 Å². The molecule has 1 aliphatic rings. The van der Waals surface area contributed by atoms with E-state index in [1.54, 1.807) is 4.90 Å². The van der Waals surface area contributed by atoms with Gasteiger partial charge in [0, 0.05) is 18.6 Å². The second kappa shape index (κ2) is 7.34. The molecular weight excluding hydrogens is 230 g/mol. The maximum absolute atomic E-state index is 12.0. The highest BCUT2D eigenvalue weighted by atomic mass is 16.3. The number of aliphatic hydroxyl groups is 1. The van der Waals surface area contributed by atoms with E-state index in [9.17, 15) is 9.90 Å². The molecule has 18 heavy (non-hydrogen) atoms. The van der Waals surface area contributed by atoms with Crippen molar-refractivity contribution < 1.29 is 9.90 Å². The van der Waals surface area contributed by atoms with Gasteiger partial charge in [-0.2, -0.15) is 5.26 Å². The maximum atomic E-state index is 12.0. The van der Waals surface area contributed by atoms with Crippen molar-refractivity contribution in [2.24, 2.45) is 0 Å². The van der Waals surface area contributed by atoms with Gasteiger partial charge in [-0.1, -0.05) is 12.8 Å². The second-order valence-electron chi connectivity index (χ2n) is 4.88. The van der Waals surface area contributed by atoms with Crippen LogP contribution in [0, 0.1) is 11.3 Å². The zero-order valence-electron chi connectivity index (χ0n) is 11.1. The molecule has 1 saturated carbocycles. The van der Waals surface area contributed by atoms with Crippen molar-refractivity contribution in [3.63, 3.8) is 0 Å². The summed E-state index contributed by atoms with van der Waals surface area (Å²) >= 11 is 0. The van der Waals surface area contributed by atoms with Crippen LogP contribution in [0.25, 0.3) is 0 Å². The van der Waals surface area contributed by atoms with Crippen LogP contribution in [0.1, 0.15) is 39.0 Å². The average Bonchev–Trinajstić information content (AvgIpc) is 2.87. The lowest BCUT2D eigenvalue weighted by Crippen LogP contribution is -2.50. The molecule has 0 aliphatic heterocycles. The Morgan fingerprint density at radius 2 is 2.17 bits per heavy atom. The first kappa shape index (κ1) is 14.9. The highest BCUT2D eigenvalue weighted by Gasteiger charge is 2.33. The highest BCUT2D eigenvalue weighted by Crippen LogP contribution is 2.28. The molecule has 5 nitrogen and oxygen atoms in total. The van der Waals surface area contributed by atoms with Gasteiger partial charge in [0.05, 0.1) is 25.6 Å². The van der Waals surface area contributed by atoms with E-state index in [1.165, 1.54) is 0 Å². The minimum Gasteiger partial charge on any atom is -0.394 e. The van der Waals surface area contributed by atoms with Crippen molar-refractivity contribution >= 4 is 5.91 Å². The fourth-order valence-electron chi connectivity index (χ4n) is 2.46. The Labute approximate surface area is 109 Å². The molecule has 1 amide bonds. The molecule has 0 bridgehead atoms. The number of hydrogen-bond acceptors (Lipinski definition) is 4. The van der Waals surface area contributed by atoms with Gasteiger partial charge in [-0.25, -0.2) is 0 Å². The predicted octanol–water partition coefficient (Wildman–Crippen LogP) is 0.643. The molecule has 0 atom stereocenters. The van der Waals surface area contributed by atoms with Crippen molar-refractivity contribution in [1.29, 1.82) is 5.26 Å². The first-order chi connectivity index (χ1) is 8.67. The minimum atomic E-state index is -0.260. The summed E-state index contributed by atoms with van der Waals surface area (Å²) in [7, 11) is 0. The van der Waals surface area contributed by atoms with Crippen LogP contribution < -0.4 is 5.32 Å². The third kappa shape index (κ3) is 3.97. The van der Waals surface area contributed by atoms with Crippen molar-refractivity contribution in [3.05, 3.63) is 0 Å². The van der Waals surface area contributed by atoms with Gasteiger partial charge in [-0.3, -0.25) is 4.79 Å². The third-order valence-electron chi connectivity index (χ3n) is 3.71. The van der Waals surface area contributed by atoms with Crippen LogP contribution in [0.3, 0.4) is 0 Å². The number of nitrogens with one attached hydrogen (secondary N) is 1. The SMILES string of the molecule is CCN(CCC#N)C(=O)CNC1(CO)CCCC1. The molecule has 0 radical (unpaired) electrons. The Morgan fingerprint density at radius 1 is 1.50 bits per heavy atom. The molecule has 0 aromatic carbocycles. The third-order valence-corrected chi connectivity index (χ3v) is 3.71. The Bertz CT molecular complexity index is 306. The molecular formula is C13H23N3O2. The van der Waals surface area contributed by atoms with Gasteiger partial charge in [0.15, 0.2) is 0 Å². The number of likely N-dealkylation sites (N-methyl/N-ethyl adjacent to an activating group) is 1. The number of nitrogens with zero attached hydrogens (tertiary/aromatic N) is 2. The van der Waals surface area contributed by atoms with Crippen molar-refractivity contribution in [2.75, 3.05) is 26.2 Å². The Kier molecular flexibility index (Phi) is 6.10. The number of aliphatic hydroxyl groups excluding tert-OH is 1. The summed E-state index contributed by atoms with van der Waals surface area (Å²) in [5.41, 5.74) is -0.260. The molecule has 2 N–H and O–H groups in total. The lowest BCUT2D eigenvalue weighted by atomic mass is 9.99. The summed E-state index contributed by atoms with van der Waals surface area (Å²) in [5.74, 6) is 0.00692. The monoisotopic (exact) mass is 253 g/mol. The summed E-state index contributed by atoms with van der Waals surface area (Å²) in [6.07, 6.45) is 4.44. The van der Waals surface area contributed by atoms with E-state index in [2.05, 4.69) is 5.32 Å².